The summed E-state index contributed by atoms with van der Waals surface area (Å²) >= 11 is 0. The minimum Gasteiger partial charge on any atom is -0.481 e. The molecule has 0 spiro atoms. The first-order valence-corrected chi connectivity index (χ1v) is 17.8. The molecule has 4 N–H and O–H groups in total. The number of carbonyl (C=O) groups excluding carboxylic acids is 1. The number of aliphatic hydroxyl groups is 3. The highest BCUT2D eigenvalue weighted by Gasteiger charge is 2.70. The van der Waals surface area contributed by atoms with Crippen LogP contribution >= 0.6 is 0 Å². The molecule has 3 saturated carbocycles. The van der Waals surface area contributed by atoms with E-state index in [4.69, 9.17) is 14.2 Å². The molecule has 0 aromatic carbocycles. The first kappa shape index (κ1) is 38.0. The molecule has 1 aliphatic heterocycles. The monoisotopic (exact) mass is 662 g/mol. The van der Waals surface area contributed by atoms with Crippen LogP contribution in [0.15, 0.2) is 24.3 Å². The maximum atomic E-state index is 12.3. The smallest absolute Gasteiger partial charge is 0.303 e. The number of carboxylic acids is 1. The van der Waals surface area contributed by atoms with Crippen LogP contribution < -0.4 is 0 Å². The van der Waals surface area contributed by atoms with Crippen LogP contribution in [0.2, 0.25) is 0 Å². The molecule has 268 valence electrons. The minimum absolute atomic E-state index is 0.0558. The first-order chi connectivity index (χ1) is 21.7. The Bertz CT molecular complexity index is 1200. The topological polar surface area (TPSA) is 143 Å². The van der Waals surface area contributed by atoms with Crippen molar-refractivity contribution < 1.29 is 44.2 Å². The average Bonchev–Trinajstić information content (AvgIpc) is 3.49. The lowest BCUT2D eigenvalue weighted by Crippen LogP contribution is -2.64. The fourth-order valence-electron chi connectivity index (χ4n) is 10.8. The molecule has 0 amide bonds. The maximum absolute atomic E-state index is 12.3. The number of aliphatic carboxylic acids is 1. The summed E-state index contributed by atoms with van der Waals surface area (Å²) in [5, 5.41) is 43.0. The Balaban J connectivity index is 1.81. The number of ether oxygens (including phenoxy) is 3. The van der Waals surface area contributed by atoms with Gasteiger partial charge in [0.05, 0.1) is 18.3 Å². The summed E-state index contributed by atoms with van der Waals surface area (Å²) in [7, 11) is 0. The van der Waals surface area contributed by atoms with Crippen molar-refractivity contribution in [1.29, 1.82) is 0 Å². The highest BCUT2D eigenvalue weighted by Crippen LogP contribution is 2.74. The molecule has 0 aromatic rings. The quantitative estimate of drug-likeness (QED) is 0.137. The third-order valence-electron chi connectivity index (χ3n) is 13.8. The number of carboxylic acid groups (broad SMARTS) is 1. The van der Waals surface area contributed by atoms with Gasteiger partial charge in [-0.3, -0.25) is 9.59 Å². The van der Waals surface area contributed by atoms with Crippen LogP contribution in [0.5, 0.6) is 0 Å². The van der Waals surface area contributed by atoms with Crippen molar-refractivity contribution in [1.82, 2.24) is 0 Å². The van der Waals surface area contributed by atoms with Gasteiger partial charge in [0.15, 0.2) is 12.4 Å². The molecule has 9 heteroatoms. The number of rotatable bonds is 13. The van der Waals surface area contributed by atoms with Crippen molar-refractivity contribution in [2.75, 3.05) is 6.61 Å². The molecule has 4 fully saturated rings. The van der Waals surface area contributed by atoms with E-state index in [2.05, 4.69) is 47.8 Å². The number of esters is 1. The summed E-state index contributed by atoms with van der Waals surface area (Å²) in [6.45, 7) is 24.6. The third-order valence-corrected chi connectivity index (χ3v) is 13.8. The molecule has 1 heterocycles. The van der Waals surface area contributed by atoms with Crippen LogP contribution in [0.1, 0.15) is 113 Å². The standard InChI is InChI=1S/C38H62O9/c1-21(2)23(5)11-18-38(10,44)26-13-17-37(9)31(26)27(46-34-33(45-24(6)40)32(43)28(20-39)47-34)19-29-35(7,15-14-30(41)42)25(22(3)4)12-16-36(29,37)8/h21,25-29,31-34,39,43-44H,3,5,11-20H2,1-2,4,6-10H3,(H,41,42)/t25-,26-,27+,28-,29+,31+,32-,33+,34+,35-,36+,37+,38-/m0/s1. The number of aliphatic hydroxyl groups excluding tert-OH is 2. The second-order valence-corrected chi connectivity index (χ2v) is 16.8. The van der Waals surface area contributed by atoms with E-state index in [1.165, 1.54) is 6.92 Å². The summed E-state index contributed by atoms with van der Waals surface area (Å²) < 4.78 is 18.5. The largest absolute Gasteiger partial charge is 0.481 e. The van der Waals surface area contributed by atoms with Crippen LogP contribution in [-0.2, 0) is 23.8 Å². The predicted octanol–water partition coefficient (Wildman–Crippen LogP) is 6.04. The van der Waals surface area contributed by atoms with E-state index in [-0.39, 0.29) is 46.3 Å². The average molecular weight is 663 g/mol. The van der Waals surface area contributed by atoms with Gasteiger partial charge in [0.2, 0.25) is 0 Å². The predicted molar refractivity (Wildman–Crippen MR) is 179 cm³/mol. The van der Waals surface area contributed by atoms with Gasteiger partial charge in [-0.15, -0.1) is 0 Å². The molecule has 9 nitrogen and oxygen atoms in total. The maximum Gasteiger partial charge on any atom is 0.303 e. The van der Waals surface area contributed by atoms with Gasteiger partial charge >= 0.3 is 11.9 Å². The van der Waals surface area contributed by atoms with E-state index in [0.29, 0.717) is 31.6 Å². The highest BCUT2D eigenvalue weighted by atomic mass is 16.7. The van der Waals surface area contributed by atoms with E-state index < -0.39 is 54.9 Å². The number of carbonyl (C=O) groups is 2. The zero-order valence-corrected chi connectivity index (χ0v) is 30.1. The van der Waals surface area contributed by atoms with E-state index in [1.807, 2.05) is 13.8 Å². The fraction of sp³-hybridized carbons (Fsp3) is 0.842. The Morgan fingerprint density at radius 1 is 1.06 bits per heavy atom. The Morgan fingerprint density at radius 3 is 2.26 bits per heavy atom. The van der Waals surface area contributed by atoms with Gasteiger partial charge < -0.3 is 34.6 Å². The van der Waals surface area contributed by atoms with Gasteiger partial charge in [-0.1, -0.05) is 58.9 Å². The molecule has 13 atom stereocenters. The lowest BCUT2D eigenvalue weighted by molar-refractivity contribution is -0.271. The Morgan fingerprint density at radius 2 is 1.70 bits per heavy atom. The third kappa shape index (κ3) is 6.86. The second-order valence-electron chi connectivity index (χ2n) is 16.8. The van der Waals surface area contributed by atoms with Crippen LogP contribution in [0.4, 0.5) is 0 Å². The minimum atomic E-state index is -1.26. The van der Waals surface area contributed by atoms with Crippen LogP contribution in [0.3, 0.4) is 0 Å². The van der Waals surface area contributed by atoms with Crippen molar-refractivity contribution in [2.24, 2.45) is 45.8 Å². The Kier molecular flexibility index (Phi) is 11.2. The zero-order valence-electron chi connectivity index (χ0n) is 30.1. The summed E-state index contributed by atoms with van der Waals surface area (Å²) in [6.07, 6.45) is 1.09. The van der Waals surface area contributed by atoms with E-state index in [0.717, 1.165) is 36.8 Å². The van der Waals surface area contributed by atoms with E-state index >= 15 is 0 Å². The second kappa shape index (κ2) is 13.9. The van der Waals surface area contributed by atoms with Crippen molar-refractivity contribution in [3.05, 3.63) is 24.3 Å². The molecule has 1 saturated heterocycles. The summed E-state index contributed by atoms with van der Waals surface area (Å²) in [6, 6.07) is 0. The van der Waals surface area contributed by atoms with Crippen LogP contribution in [0.25, 0.3) is 0 Å². The summed E-state index contributed by atoms with van der Waals surface area (Å²) in [5.74, 6) is -1.09. The molecule has 4 rings (SSSR count). The summed E-state index contributed by atoms with van der Waals surface area (Å²) in [5.41, 5.74) is 0.327. The number of fused-ring (bicyclic) bond motifs is 3. The van der Waals surface area contributed by atoms with E-state index in [1.54, 1.807) is 0 Å². The lowest BCUT2D eigenvalue weighted by atomic mass is 9.37. The Labute approximate surface area is 282 Å². The number of hydrogen-bond acceptors (Lipinski definition) is 8. The van der Waals surface area contributed by atoms with Crippen molar-refractivity contribution in [2.45, 2.75) is 149 Å². The van der Waals surface area contributed by atoms with Crippen molar-refractivity contribution >= 4 is 11.9 Å². The zero-order chi connectivity index (χ0) is 35.3. The Hall–Kier alpha value is -1.78. The molecule has 4 aliphatic rings. The van der Waals surface area contributed by atoms with Crippen molar-refractivity contribution in [3.8, 4) is 0 Å². The van der Waals surface area contributed by atoms with Gasteiger partial charge in [0.1, 0.15) is 12.2 Å². The number of hydrogen-bond donors (Lipinski definition) is 4. The van der Waals surface area contributed by atoms with Crippen molar-refractivity contribution in [3.63, 3.8) is 0 Å². The van der Waals surface area contributed by atoms with Crippen LogP contribution in [-0.4, -0.2) is 75.3 Å². The van der Waals surface area contributed by atoms with Gasteiger partial charge in [-0.2, -0.15) is 0 Å². The van der Waals surface area contributed by atoms with Crippen LogP contribution in [0, 0.1) is 45.8 Å². The number of allylic oxidation sites excluding steroid dienone is 2. The molecular weight excluding hydrogens is 600 g/mol. The summed E-state index contributed by atoms with van der Waals surface area (Å²) in [4.78, 5) is 24.1. The fourth-order valence-corrected chi connectivity index (χ4v) is 10.8. The normalized spacial score (nSPS) is 42.8. The lowest BCUT2D eigenvalue weighted by Gasteiger charge is -2.68. The van der Waals surface area contributed by atoms with Gasteiger partial charge in [-0.25, -0.2) is 0 Å². The highest BCUT2D eigenvalue weighted by molar-refractivity contribution is 5.67. The van der Waals surface area contributed by atoms with Gasteiger partial charge in [0.25, 0.3) is 0 Å². The molecule has 0 bridgehead atoms. The SMILES string of the molecule is C=C(CC[C@](C)(O)[C@H]1CC[C@]2(C)[C@H]1[C@H](O[C@@H]1O[C@@H](CO)[C@H](O)[C@H]1OC(C)=O)C[C@@H]1[C@@](C)(CCC(=O)O)[C@H](C(=C)C)CC[C@]12C)C(C)C. The molecule has 0 unspecified atom stereocenters. The molecule has 3 aliphatic carbocycles. The molecule has 0 aromatic heterocycles. The molecule has 0 radical (unpaired) electrons. The van der Waals surface area contributed by atoms with E-state index in [9.17, 15) is 30.0 Å². The molecule has 47 heavy (non-hydrogen) atoms. The van der Waals surface area contributed by atoms with Gasteiger partial charge in [0, 0.05) is 13.3 Å². The molecular formula is C38H62O9. The first-order valence-electron chi connectivity index (χ1n) is 17.8. The van der Waals surface area contributed by atoms with Gasteiger partial charge in [-0.05, 0) is 111 Å².